The average molecular weight is 582 g/mol. The van der Waals surface area contributed by atoms with Crippen LogP contribution in [0.3, 0.4) is 0 Å². The third-order valence-electron chi connectivity index (χ3n) is 7.62. The molecule has 3 heterocycles. The van der Waals surface area contributed by atoms with Crippen LogP contribution in [0.5, 0.6) is 5.75 Å². The Bertz CT molecular complexity index is 1440. The van der Waals surface area contributed by atoms with Crippen molar-refractivity contribution in [2.45, 2.75) is 6.18 Å². The Kier molecular flexibility index (Phi) is 8.56. The smallest absolute Gasteiger partial charge is 0.418 e. The van der Waals surface area contributed by atoms with Crippen molar-refractivity contribution in [3.63, 3.8) is 0 Å². The van der Waals surface area contributed by atoms with Crippen molar-refractivity contribution >= 4 is 34.5 Å². The van der Waals surface area contributed by atoms with Crippen LogP contribution in [0, 0.1) is 11.3 Å². The largest absolute Gasteiger partial charge is 0.494 e. The van der Waals surface area contributed by atoms with E-state index in [1.807, 2.05) is 25.2 Å². The third kappa shape index (κ3) is 6.61. The van der Waals surface area contributed by atoms with Crippen molar-refractivity contribution in [1.82, 2.24) is 19.8 Å². The number of ether oxygens (including phenoxy) is 1. The Morgan fingerprint density at radius 1 is 0.881 bits per heavy atom. The van der Waals surface area contributed by atoms with Gasteiger partial charge in [0, 0.05) is 75.5 Å². The number of nitrogens with zero attached hydrogens (tertiary/aromatic N) is 7. The quantitative estimate of drug-likeness (QED) is 0.419. The van der Waals surface area contributed by atoms with Crippen LogP contribution in [0.25, 0.3) is 0 Å². The van der Waals surface area contributed by atoms with Gasteiger partial charge in [-0.05, 0) is 44.4 Å². The molecule has 2 aliphatic heterocycles. The Labute approximate surface area is 243 Å². The van der Waals surface area contributed by atoms with Crippen molar-refractivity contribution in [2.24, 2.45) is 0 Å². The molecule has 13 heteroatoms. The molecule has 0 aliphatic carbocycles. The summed E-state index contributed by atoms with van der Waals surface area (Å²) in [5.41, 5.74) is 1.40. The zero-order valence-electron chi connectivity index (χ0n) is 23.9. The summed E-state index contributed by atoms with van der Waals surface area (Å²) in [6.07, 6.45) is -3.21. The molecular weight excluding hydrogens is 547 g/mol. The van der Waals surface area contributed by atoms with E-state index in [-0.39, 0.29) is 28.7 Å². The lowest BCUT2D eigenvalue weighted by atomic mass is 10.1. The summed E-state index contributed by atoms with van der Waals surface area (Å²) >= 11 is 0. The van der Waals surface area contributed by atoms with Gasteiger partial charge in [0.2, 0.25) is 5.95 Å². The van der Waals surface area contributed by atoms with Gasteiger partial charge in [-0.2, -0.15) is 23.4 Å². The number of aromatic nitrogens is 2. The first-order valence-corrected chi connectivity index (χ1v) is 13.7. The monoisotopic (exact) mass is 581 g/mol. The highest BCUT2D eigenvalue weighted by molar-refractivity contribution is 5.72. The first kappa shape index (κ1) is 29.2. The second-order valence-electron chi connectivity index (χ2n) is 10.5. The molecule has 222 valence electrons. The van der Waals surface area contributed by atoms with Crippen LogP contribution in [0.4, 0.5) is 47.7 Å². The minimum Gasteiger partial charge on any atom is -0.494 e. The number of piperazine rings is 2. The van der Waals surface area contributed by atoms with E-state index in [0.29, 0.717) is 37.6 Å². The maximum Gasteiger partial charge on any atom is 0.418 e. The molecule has 0 saturated carbocycles. The van der Waals surface area contributed by atoms with E-state index < -0.39 is 11.7 Å². The van der Waals surface area contributed by atoms with E-state index in [9.17, 15) is 18.4 Å². The van der Waals surface area contributed by atoms with Crippen molar-refractivity contribution in [2.75, 3.05) is 94.0 Å². The van der Waals surface area contributed by atoms with E-state index in [1.165, 1.54) is 12.3 Å². The predicted octanol–water partition coefficient (Wildman–Crippen LogP) is 4.37. The van der Waals surface area contributed by atoms with Crippen LogP contribution in [0.2, 0.25) is 0 Å². The molecule has 2 fully saturated rings. The van der Waals surface area contributed by atoms with Crippen molar-refractivity contribution in [3.05, 3.63) is 53.7 Å². The molecule has 0 atom stereocenters. The SMILES string of the molecule is COc1cc(N2CCN(C)CC2)ccc1Nc1nc(Nc2ccc(N3CCN(C)CC3)c(C(F)(F)F)c2)ncc1C#N. The zero-order chi connectivity index (χ0) is 29.9. The van der Waals surface area contributed by atoms with Crippen LogP contribution < -0.4 is 25.2 Å². The van der Waals surface area contributed by atoms with Crippen molar-refractivity contribution < 1.29 is 17.9 Å². The number of rotatable bonds is 7. The number of nitrogens with one attached hydrogen (secondary N) is 2. The summed E-state index contributed by atoms with van der Waals surface area (Å²) in [5.74, 6) is 0.813. The standard InChI is InChI=1S/C29H34F3N9O/c1-38-8-12-40(13-9-38)22-5-6-24(26(17-22)42-3)36-27-20(18-33)19-34-28(37-27)35-21-4-7-25(23(16-21)29(30,31)32)41-14-10-39(2)11-15-41/h4-7,16-17,19H,8-15H2,1-3H3,(H2,34,35,36,37). The molecule has 1 aromatic heterocycles. The average Bonchev–Trinajstić information content (AvgIpc) is 2.98. The van der Waals surface area contributed by atoms with Gasteiger partial charge in [0.15, 0.2) is 5.82 Å². The minimum atomic E-state index is -4.54. The molecule has 3 aromatic rings. The number of alkyl halides is 3. The van der Waals surface area contributed by atoms with Crippen LogP contribution in [-0.2, 0) is 6.18 Å². The molecule has 0 radical (unpaired) electrons. The highest BCUT2D eigenvalue weighted by Crippen LogP contribution is 2.39. The van der Waals surface area contributed by atoms with Crippen LogP contribution in [-0.4, -0.2) is 93.3 Å². The Hall–Kier alpha value is -4.28. The fourth-order valence-corrected chi connectivity index (χ4v) is 5.08. The molecule has 42 heavy (non-hydrogen) atoms. The summed E-state index contributed by atoms with van der Waals surface area (Å²) in [5, 5.41) is 15.7. The van der Waals surface area contributed by atoms with Crippen LogP contribution >= 0.6 is 0 Å². The van der Waals surface area contributed by atoms with Crippen LogP contribution in [0.15, 0.2) is 42.6 Å². The van der Waals surface area contributed by atoms with E-state index in [4.69, 9.17) is 4.74 Å². The minimum absolute atomic E-state index is 0.0463. The lowest BCUT2D eigenvalue weighted by Crippen LogP contribution is -2.45. The molecule has 2 aromatic carbocycles. The molecule has 0 spiro atoms. The molecular formula is C29H34F3N9O. The predicted molar refractivity (Wildman–Crippen MR) is 157 cm³/mol. The molecule has 2 saturated heterocycles. The molecule has 2 N–H and O–H groups in total. The Balaban J connectivity index is 1.38. The van der Waals surface area contributed by atoms with Gasteiger partial charge < -0.3 is 35.0 Å². The highest BCUT2D eigenvalue weighted by Gasteiger charge is 2.36. The summed E-state index contributed by atoms with van der Waals surface area (Å²) in [7, 11) is 5.62. The lowest BCUT2D eigenvalue weighted by molar-refractivity contribution is -0.137. The second-order valence-corrected chi connectivity index (χ2v) is 10.5. The number of likely N-dealkylation sites (N-methyl/N-ethyl adjacent to an activating group) is 2. The maximum atomic E-state index is 14.1. The van der Waals surface area contributed by atoms with Gasteiger partial charge in [-0.1, -0.05) is 0 Å². The van der Waals surface area contributed by atoms with Crippen molar-refractivity contribution in [1.29, 1.82) is 5.26 Å². The number of methoxy groups -OCH3 is 1. The number of nitriles is 1. The molecule has 2 aliphatic rings. The fourth-order valence-electron chi connectivity index (χ4n) is 5.08. The van der Waals surface area contributed by atoms with Gasteiger partial charge in [0.1, 0.15) is 17.4 Å². The summed E-state index contributed by atoms with van der Waals surface area (Å²) < 4.78 is 47.9. The number of halogens is 3. The summed E-state index contributed by atoms with van der Waals surface area (Å²) in [6, 6.07) is 12.0. The van der Waals surface area contributed by atoms with Gasteiger partial charge in [-0.15, -0.1) is 0 Å². The molecule has 10 nitrogen and oxygen atoms in total. The van der Waals surface area contributed by atoms with E-state index in [2.05, 4.69) is 48.4 Å². The van der Waals surface area contributed by atoms with E-state index in [1.54, 1.807) is 18.1 Å². The second kappa shape index (κ2) is 12.3. The first-order valence-electron chi connectivity index (χ1n) is 13.7. The molecule has 0 amide bonds. The van der Waals surface area contributed by atoms with Gasteiger partial charge in [0.25, 0.3) is 0 Å². The normalized spacial score (nSPS) is 16.7. The summed E-state index contributed by atoms with van der Waals surface area (Å²) in [4.78, 5) is 17.0. The van der Waals surface area contributed by atoms with E-state index >= 15 is 0 Å². The first-order chi connectivity index (χ1) is 20.1. The fraction of sp³-hybridized carbons (Fsp3) is 0.414. The van der Waals surface area contributed by atoms with E-state index in [0.717, 1.165) is 37.9 Å². The van der Waals surface area contributed by atoms with Crippen LogP contribution in [0.1, 0.15) is 11.1 Å². The number of benzene rings is 2. The van der Waals surface area contributed by atoms with Crippen molar-refractivity contribution in [3.8, 4) is 11.8 Å². The van der Waals surface area contributed by atoms with Gasteiger partial charge >= 0.3 is 6.18 Å². The molecule has 5 rings (SSSR count). The number of anilines is 6. The lowest BCUT2D eigenvalue weighted by Gasteiger charge is -2.35. The maximum absolute atomic E-state index is 14.1. The number of hydrogen-bond donors (Lipinski definition) is 2. The van der Waals surface area contributed by atoms with Gasteiger partial charge in [-0.25, -0.2) is 4.98 Å². The Morgan fingerprint density at radius 3 is 2.17 bits per heavy atom. The Morgan fingerprint density at radius 2 is 1.55 bits per heavy atom. The molecule has 0 bridgehead atoms. The number of hydrogen-bond acceptors (Lipinski definition) is 10. The van der Waals surface area contributed by atoms with Gasteiger partial charge in [-0.3, -0.25) is 0 Å². The molecule has 0 unspecified atom stereocenters. The van der Waals surface area contributed by atoms with Gasteiger partial charge in [0.05, 0.1) is 24.6 Å². The zero-order valence-corrected chi connectivity index (χ0v) is 23.9. The third-order valence-corrected chi connectivity index (χ3v) is 7.62. The highest BCUT2D eigenvalue weighted by atomic mass is 19.4. The topological polar surface area (TPSA) is 95.8 Å². The summed E-state index contributed by atoms with van der Waals surface area (Å²) in [6.45, 7) is 6.14.